The molecule has 12 heteroatoms. The lowest BCUT2D eigenvalue weighted by Gasteiger charge is -2.37. The number of carbonyl (C=O) groups excluding carboxylic acids is 3. The van der Waals surface area contributed by atoms with Crippen molar-refractivity contribution in [3.63, 3.8) is 0 Å². The van der Waals surface area contributed by atoms with E-state index in [0.29, 0.717) is 0 Å². The van der Waals surface area contributed by atoms with Gasteiger partial charge in [-0.05, 0) is 34.8 Å². The first-order chi connectivity index (χ1) is 15.6. The Bertz CT molecular complexity index is 1020. The van der Waals surface area contributed by atoms with Gasteiger partial charge in [-0.2, -0.15) is 28.6 Å². The van der Waals surface area contributed by atoms with Crippen molar-refractivity contribution in [2.24, 2.45) is 22.7 Å². The van der Waals surface area contributed by atoms with Crippen LogP contribution < -0.4 is 10.6 Å². The molecule has 0 aromatic carbocycles. The normalized spacial score (nSPS) is 24.9. The third kappa shape index (κ3) is 4.69. The van der Waals surface area contributed by atoms with Gasteiger partial charge in [0.1, 0.15) is 12.1 Å². The van der Waals surface area contributed by atoms with Crippen LogP contribution in [0.15, 0.2) is 18.3 Å². The van der Waals surface area contributed by atoms with Crippen molar-refractivity contribution in [1.82, 2.24) is 25.7 Å². The van der Waals surface area contributed by atoms with Crippen molar-refractivity contribution in [3.8, 4) is 6.07 Å². The number of fused-ring (bicyclic) bond motifs is 1. The second kappa shape index (κ2) is 8.52. The van der Waals surface area contributed by atoms with Gasteiger partial charge < -0.3 is 15.5 Å². The Morgan fingerprint density at radius 2 is 1.88 bits per heavy atom. The fourth-order valence-electron chi connectivity index (χ4n) is 4.71. The van der Waals surface area contributed by atoms with Crippen molar-refractivity contribution in [3.05, 3.63) is 24.0 Å². The maximum absolute atomic E-state index is 13.4. The molecule has 2 fully saturated rings. The van der Waals surface area contributed by atoms with Gasteiger partial charge in [-0.15, -0.1) is 0 Å². The number of nitrogens with one attached hydrogen (secondary N) is 2. The summed E-state index contributed by atoms with van der Waals surface area (Å²) in [5.74, 6) is -3.89. The molecule has 5 atom stereocenters. The molecule has 0 bridgehead atoms. The van der Waals surface area contributed by atoms with Gasteiger partial charge in [0.2, 0.25) is 11.8 Å². The second-order valence-electron chi connectivity index (χ2n) is 10.4. The molecule has 3 amide bonds. The standard InChI is InChI=1S/C22H27F3N6O3/c1-20(2,3)16(29-19(34)22(23,24)25)18(33)31-10-11-14(21(11,4)5)15(31)17(32)28-13(9-26)12-7-6-8-27-30-12/h6-8,11,13-16H,10H2,1-5H3,(H,28,32)(H,29,34)/t11-,13?,14-,15-,16+/m0/s1. The Balaban J connectivity index is 1.87. The summed E-state index contributed by atoms with van der Waals surface area (Å²) in [6.07, 6.45) is -3.75. The number of piperidine rings is 1. The molecule has 9 nitrogen and oxygen atoms in total. The molecule has 1 aromatic heterocycles. The van der Waals surface area contributed by atoms with Gasteiger partial charge >= 0.3 is 12.1 Å². The van der Waals surface area contributed by atoms with E-state index in [1.54, 1.807) is 11.4 Å². The second-order valence-corrected chi connectivity index (χ2v) is 10.4. The zero-order valence-corrected chi connectivity index (χ0v) is 19.5. The highest BCUT2D eigenvalue weighted by Crippen LogP contribution is 2.65. The van der Waals surface area contributed by atoms with Crippen LogP contribution in [0.4, 0.5) is 13.2 Å². The lowest BCUT2D eigenvalue weighted by molar-refractivity contribution is -0.176. The minimum Gasteiger partial charge on any atom is -0.336 e. The summed E-state index contributed by atoms with van der Waals surface area (Å²) in [6, 6.07) is 1.37. The van der Waals surface area contributed by atoms with Gasteiger partial charge in [-0.25, -0.2) is 0 Å². The number of nitrogens with zero attached hydrogens (tertiary/aromatic N) is 4. The number of carbonyl (C=O) groups is 3. The number of hydrogen-bond acceptors (Lipinski definition) is 6. The van der Waals surface area contributed by atoms with Gasteiger partial charge in [-0.3, -0.25) is 14.4 Å². The molecule has 2 N–H and O–H groups in total. The van der Waals surface area contributed by atoms with Crippen LogP contribution in [0.1, 0.15) is 46.4 Å². The van der Waals surface area contributed by atoms with Crippen LogP contribution in [0, 0.1) is 34.0 Å². The molecule has 34 heavy (non-hydrogen) atoms. The van der Waals surface area contributed by atoms with E-state index in [-0.39, 0.29) is 29.5 Å². The van der Waals surface area contributed by atoms with E-state index in [4.69, 9.17) is 0 Å². The zero-order chi connectivity index (χ0) is 25.6. The lowest BCUT2D eigenvalue weighted by Crippen LogP contribution is -2.60. The maximum atomic E-state index is 13.4. The van der Waals surface area contributed by atoms with Gasteiger partial charge in [0.05, 0.1) is 11.8 Å². The zero-order valence-electron chi connectivity index (χ0n) is 19.5. The molecule has 1 saturated carbocycles. The number of rotatable bonds is 5. The molecule has 3 rings (SSSR count). The molecule has 1 aliphatic carbocycles. The van der Waals surface area contributed by atoms with Crippen LogP contribution >= 0.6 is 0 Å². The van der Waals surface area contributed by atoms with Crippen molar-refractivity contribution in [1.29, 1.82) is 5.26 Å². The lowest BCUT2D eigenvalue weighted by atomic mass is 9.85. The van der Waals surface area contributed by atoms with Crippen molar-refractivity contribution in [2.75, 3.05) is 6.54 Å². The summed E-state index contributed by atoms with van der Waals surface area (Å²) in [4.78, 5) is 39.6. The molecule has 1 aliphatic heterocycles. The molecule has 1 saturated heterocycles. The quantitative estimate of drug-likeness (QED) is 0.661. The Morgan fingerprint density at radius 3 is 2.38 bits per heavy atom. The van der Waals surface area contributed by atoms with E-state index in [1.807, 2.05) is 19.9 Å². The number of amides is 3. The topological polar surface area (TPSA) is 128 Å². The van der Waals surface area contributed by atoms with Crippen LogP contribution in [0.2, 0.25) is 0 Å². The van der Waals surface area contributed by atoms with Gasteiger partial charge in [0, 0.05) is 12.7 Å². The summed E-state index contributed by atoms with van der Waals surface area (Å²) >= 11 is 0. The highest BCUT2D eigenvalue weighted by atomic mass is 19.4. The van der Waals surface area contributed by atoms with Crippen LogP contribution in [0.5, 0.6) is 0 Å². The molecule has 0 radical (unpaired) electrons. The minimum absolute atomic E-state index is 0.0387. The van der Waals surface area contributed by atoms with Gasteiger partial charge in [0.25, 0.3) is 0 Å². The summed E-state index contributed by atoms with van der Waals surface area (Å²) in [5.41, 5.74) is -1.11. The largest absolute Gasteiger partial charge is 0.471 e. The summed E-state index contributed by atoms with van der Waals surface area (Å²) in [7, 11) is 0. The highest BCUT2D eigenvalue weighted by molar-refractivity contribution is 5.95. The predicted octanol–water partition coefficient (Wildman–Crippen LogP) is 1.73. The Labute approximate surface area is 195 Å². The molecule has 0 spiro atoms. The van der Waals surface area contributed by atoms with Gasteiger partial charge in [-0.1, -0.05) is 34.6 Å². The summed E-state index contributed by atoms with van der Waals surface area (Å²) in [5, 5.41) is 21.4. The van der Waals surface area contributed by atoms with Crippen LogP contribution in [0.3, 0.4) is 0 Å². The number of halogens is 3. The molecular formula is C22H27F3N6O3. The fraction of sp³-hybridized carbons (Fsp3) is 0.636. The Morgan fingerprint density at radius 1 is 1.24 bits per heavy atom. The van der Waals surface area contributed by atoms with Crippen LogP contribution in [-0.2, 0) is 14.4 Å². The third-order valence-electron chi connectivity index (χ3n) is 6.71. The Kier molecular flexibility index (Phi) is 6.37. The first-order valence-electron chi connectivity index (χ1n) is 10.8. The van der Waals surface area contributed by atoms with E-state index in [9.17, 15) is 32.8 Å². The number of nitriles is 1. The van der Waals surface area contributed by atoms with E-state index in [0.717, 1.165) is 0 Å². The third-order valence-corrected chi connectivity index (χ3v) is 6.71. The molecule has 1 aromatic rings. The molecule has 2 heterocycles. The van der Waals surface area contributed by atoms with E-state index >= 15 is 0 Å². The summed E-state index contributed by atoms with van der Waals surface area (Å²) < 4.78 is 38.7. The molecular weight excluding hydrogens is 453 g/mol. The average molecular weight is 480 g/mol. The molecule has 184 valence electrons. The monoisotopic (exact) mass is 480 g/mol. The predicted molar refractivity (Wildman–Crippen MR) is 112 cm³/mol. The minimum atomic E-state index is -5.16. The van der Waals surface area contributed by atoms with Crippen molar-refractivity contribution < 1.29 is 27.6 Å². The first kappa shape index (κ1) is 25.4. The SMILES string of the molecule is CC(C)(C)[C@H](NC(=O)C(F)(F)F)C(=O)N1C[C@H]2[C@@H]([C@H]1C(=O)NC(C#N)c1cccnn1)C2(C)C. The maximum Gasteiger partial charge on any atom is 0.471 e. The number of alkyl halides is 3. The fourth-order valence-corrected chi connectivity index (χ4v) is 4.71. The van der Waals surface area contributed by atoms with Crippen molar-refractivity contribution >= 4 is 17.7 Å². The molecule has 2 aliphatic rings. The highest BCUT2D eigenvalue weighted by Gasteiger charge is 2.70. The smallest absolute Gasteiger partial charge is 0.336 e. The average Bonchev–Trinajstić information content (AvgIpc) is 3.09. The van der Waals surface area contributed by atoms with Crippen LogP contribution in [-0.4, -0.2) is 57.6 Å². The summed E-state index contributed by atoms with van der Waals surface area (Å²) in [6.45, 7) is 8.64. The molecule has 1 unspecified atom stereocenters. The van der Waals surface area contributed by atoms with Crippen LogP contribution in [0.25, 0.3) is 0 Å². The van der Waals surface area contributed by atoms with E-state index in [1.165, 1.54) is 37.9 Å². The van der Waals surface area contributed by atoms with E-state index in [2.05, 4.69) is 15.5 Å². The number of aromatic nitrogens is 2. The van der Waals surface area contributed by atoms with Gasteiger partial charge in [0.15, 0.2) is 6.04 Å². The van der Waals surface area contributed by atoms with Crippen molar-refractivity contribution in [2.45, 2.75) is 58.9 Å². The van der Waals surface area contributed by atoms with E-state index < -0.39 is 47.4 Å². The number of likely N-dealkylation sites (tertiary alicyclic amines) is 1. The Hall–Kier alpha value is -3.23. The number of hydrogen-bond donors (Lipinski definition) is 2. The first-order valence-corrected chi connectivity index (χ1v) is 10.8.